The fourth-order valence-corrected chi connectivity index (χ4v) is 2.34. The molecule has 26 heavy (non-hydrogen) atoms. The number of hydrogen-bond acceptors (Lipinski definition) is 5. The quantitative estimate of drug-likeness (QED) is 0.521. The number of phenolic OH excluding ortho intramolecular Hbond substituents is 1. The van der Waals surface area contributed by atoms with Crippen molar-refractivity contribution in [2.75, 3.05) is 33.2 Å². The Balaban J connectivity index is 2.19. The molecule has 0 saturated carbocycles. The van der Waals surface area contributed by atoms with Gasteiger partial charge in [0.25, 0.3) is 0 Å². The van der Waals surface area contributed by atoms with E-state index in [9.17, 15) is 5.11 Å². The van der Waals surface area contributed by atoms with Crippen molar-refractivity contribution in [3.8, 4) is 23.0 Å². The molecule has 0 heterocycles. The smallest absolute Gasteiger partial charge is 0.196 e. The molecule has 0 saturated heterocycles. The van der Waals surface area contributed by atoms with E-state index in [1.807, 2.05) is 25.1 Å². The second-order valence-corrected chi connectivity index (χ2v) is 5.38. The van der Waals surface area contributed by atoms with Crippen molar-refractivity contribution >= 4 is 11.6 Å². The normalized spacial score (nSPS) is 11.0. The lowest BCUT2D eigenvalue weighted by Gasteiger charge is -2.14. The van der Waals surface area contributed by atoms with Crippen LogP contribution in [0.1, 0.15) is 12.5 Å². The van der Waals surface area contributed by atoms with Crippen LogP contribution < -0.4 is 24.8 Å². The number of methoxy groups -OCH3 is 3. The second kappa shape index (κ2) is 9.41. The largest absolute Gasteiger partial charge is 0.508 e. The standard InChI is InChI=1S/C19H25N3O4/c1-5-20-19(21-12-13-10-15(24-2)7-8-16(13)23)22-14-6-9-17(25-3)18(11-14)26-4/h6-11,23H,5,12H2,1-4H3,(H2,20,21,22). The van der Waals surface area contributed by atoms with Gasteiger partial charge < -0.3 is 30.0 Å². The van der Waals surface area contributed by atoms with Crippen LogP contribution in [0.4, 0.5) is 5.69 Å². The van der Waals surface area contributed by atoms with Gasteiger partial charge in [0, 0.05) is 23.9 Å². The van der Waals surface area contributed by atoms with Crippen molar-refractivity contribution in [3.63, 3.8) is 0 Å². The fraction of sp³-hybridized carbons (Fsp3) is 0.316. The summed E-state index contributed by atoms with van der Waals surface area (Å²) in [7, 11) is 4.77. The molecule has 0 aliphatic heterocycles. The van der Waals surface area contributed by atoms with Gasteiger partial charge in [-0.2, -0.15) is 0 Å². The minimum absolute atomic E-state index is 0.177. The van der Waals surface area contributed by atoms with Crippen LogP contribution in [0.15, 0.2) is 41.4 Å². The van der Waals surface area contributed by atoms with Crippen LogP contribution in [0, 0.1) is 0 Å². The number of rotatable bonds is 7. The molecule has 0 aliphatic rings. The zero-order chi connectivity index (χ0) is 18.9. The van der Waals surface area contributed by atoms with Crippen molar-refractivity contribution in [3.05, 3.63) is 42.0 Å². The molecule has 0 fully saturated rings. The lowest BCUT2D eigenvalue weighted by molar-refractivity contribution is 0.355. The highest BCUT2D eigenvalue weighted by Crippen LogP contribution is 2.29. The van der Waals surface area contributed by atoms with Crippen molar-refractivity contribution in [2.45, 2.75) is 13.5 Å². The van der Waals surface area contributed by atoms with Gasteiger partial charge in [-0.25, -0.2) is 4.99 Å². The Kier molecular flexibility index (Phi) is 6.96. The Bertz CT molecular complexity index is 762. The molecule has 0 atom stereocenters. The Morgan fingerprint density at radius 3 is 2.42 bits per heavy atom. The summed E-state index contributed by atoms with van der Waals surface area (Å²) in [5.41, 5.74) is 1.48. The number of anilines is 1. The van der Waals surface area contributed by atoms with E-state index in [4.69, 9.17) is 14.2 Å². The van der Waals surface area contributed by atoms with Gasteiger partial charge in [-0.3, -0.25) is 0 Å². The van der Waals surface area contributed by atoms with Crippen LogP contribution in [0.25, 0.3) is 0 Å². The predicted octanol–water partition coefficient (Wildman–Crippen LogP) is 3.00. The summed E-state index contributed by atoms with van der Waals surface area (Å²) < 4.78 is 15.8. The summed E-state index contributed by atoms with van der Waals surface area (Å²) >= 11 is 0. The SMILES string of the molecule is CCNC(=NCc1cc(OC)ccc1O)Nc1ccc(OC)c(OC)c1. The van der Waals surface area contributed by atoms with Crippen LogP contribution in [0.5, 0.6) is 23.0 Å². The van der Waals surface area contributed by atoms with E-state index in [2.05, 4.69) is 15.6 Å². The zero-order valence-electron chi connectivity index (χ0n) is 15.5. The van der Waals surface area contributed by atoms with Crippen LogP contribution >= 0.6 is 0 Å². The van der Waals surface area contributed by atoms with E-state index in [1.54, 1.807) is 39.5 Å². The van der Waals surface area contributed by atoms with E-state index in [0.29, 0.717) is 41.9 Å². The first kappa shape index (κ1) is 19.2. The first-order valence-corrected chi connectivity index (χ1v) is 8.24. The fourth-order valence-electron chi connectivity index (χ4n) is 2.34. The van der Waals surface area contributed by atoms with E-state index in [-0.39, 0.29) is 5.75 Å². The minimum atomic E-state index is 0.177. The molecule has 2 aromatic carbocycles. The number of hydrogen-bond donors (Lipinski definition) is 3. The molecule has 2 aromatic rings. The third-order valence-corrected chi connectivity index (χ3v) is 3.68. The first-order chi connectivity index (χ1) is 12.6. The molecule has 0 aliphatic carbocycles. The van der Waals surface area contributed by atoms with Gasteiger partial charge in [0.15, 0.2) is 17.5 Å². The average molecular weight is 359 g/mol. The maximum Gasteiger partial charge on any atom is 0.196 e. The Morgan fingerprint density at radius 2 is 1.77 bits per heavy atom. The molecule has 3 N–H and O–H groups in total. The number of phenols is 1. The van der Waals surface area contributed by atoms with Crippen LogP contribution in [-0.4, -0.2) is 38.9 Å². The maximum atomic E-state index is 9.99. The van der Waals surface area contributed by atoms with Gasteiger partial charge in [-0.05, 0) is 37.3 Å². The molecule has 0 spiro atoms. The van der Waals surface area contributed by atoms with Crippen LogP contribution in [0.3, 0.4) is 0 Å². The molecule has 7 heteroatoms. The Morgan fingerprint density at radius 1 is 1.00 bits per heavy atom. The number of nitrogens with zero attached hydrogens (tertiary/aromatic N) is 1. The number of nitrogens with one attached hydrogen (secondary N) is 2. The highest BCUT2D eigenvalue weighted by molar-refractivity contribution is 5.93. The molecule has 0 bridgehead atoms. The van der Waals surface area contributed by atoms with Crippen molar-refractivity contribution in [2.24, 2.45) is 4.99 Å². The molecule has 2 rings (SSSR count). The van der Waals surface area contributed by atoms with Gasteiger partial charge in [0.2, 0.25) is 0 Å². The summed E-state index contributed by atoms with van der Waals surface area (Å²) in [6.07, 6.45) is 0. The van der Waals surface area contributed by atoms with E-state index in [1.165, 1.54) is 0 Å². The first-order valence-electron chi connectivity index (χ1n) is 8.24. The van der Waals surface area contributed by atoms with Crippen LogP contribution in [-0.2, 0) is 6.54 Å². The third kappa shape index (κ3) is 4.95. The summed E-state index contributed by atoms with van der Waals surface area (Å²) in [4.78, 5) is 4.52. The summed E-state index contributed by atoms with van der Waals surface area (Å²) in [5.74, 6) is 2.71. The molecule has 7 nitrogen and oxygen atoms in total. The molecule has 0 aromatic heterocycles. The minimum Gasteiger partial charge on any atom is -0.508 e. The third-order valence-electron chi connectivity index (χ3n) is 3.68. The van der Waals surface area contributed by atoms with E-state index < -0.39 is 0 Å². The lowest BCUT2D eigenvalue weighted by atomic mass is 10.2. The number of aromatic hydroxyl groups is 1. The highest BCUT2D eigenvalue weighted by atomic mass is 16.5. The molecule has 0 unspecified atom stereocenters. The number of ether oxygens (including phenoxy) is 3. The van der Waals surface area contributed by atoms with Gasteiger partial charge in [0.05, 0.1) is 27.9 Å². The van der Waals surface area contributed by atoms with Crippen molar-refractivity contribution in [1.29, 1.82) is 0 Å². The Labute approximate surface area is 153 Å². The topological polar surface area (TPSA) is 84.3 Å². The van der Waals surface area contributed by atoms with E-state index >= 15 is 0 Å². The van der Waals surface area contributed by atoms with Gasteiger partial charge in [-0.15, -0.1) is 0 Å². The van der Waals surface area contributed by atoms with Gasteiger partial charge in [-0.1, -0.05) is 0 Å². The molecule has 0 amide bonds. The number of aliphatic imine (C=N–C) groups is 1. The maximum absolute atomic E-state index is 9.99. The molecule has 0 radical (unpaired) electrons. The highest BCUT2D eigenvalue weighted by Gasteiger charge is 2.07. The monoisotopic (exact) mass is 359 g/mol. The Hall–Kier alpha value is -3.09. The second-order valence-electron chi connectivity index (χ2n) is 5.38. The lowest BCUT2D eigenvalue weighted by Crippen LogP contribution is -2.30. The number of guanidine groups is 1. The summed E-state index contributed by atoms with van der Waals surface area (Å²) in [6, 6.07) is 10.6. The molecular formula is C19H25N3O4. The molecule has 140 valence electrons. The summed E-state index contributed by atoms with van der Waals surface area (Å²) in [6.45, 7) is 2.98. The predicted molar refractivity (Wildman–Crippen MR) is 103 cm³/mol. The van der Waals surface area contributed by atoms with Crippen LogP contribution in [0.2, 0.25) is 0 Å². The number of benzene rings is 2. The van der Waals surface area contributed by atoms with Gasteiger partial charge >= 0.3 is 0 Å². The van der Waals surface area contributed by atoms with E-state index in [0.717, 1.165) is 5.69 Å². The summed E-state index contributed by atoms with van der Waals surface area (Å²) in [5, 5.41) is 16.4. The van der Waals surface area contributed by atoms with Crippen molar-refractivity contribution < 1.29 is 19.3 Å². The van der Waals surface area contributed by atoms with Crippen molar-refractivity contribution in [1.82, 2.24) is 5.32 Å². The average Bonchev–Trinajstić information content (AvgIpc) is 2.67. The van der Waals surface area contributed by atoms with Gasteiger partial charge in [0.1, 0.15) is 11.5 Å². The molecular weight excluding hydrogens is 334 g/mol. The zero-order valence-corrected chi connectivity index (χ0v) is 15.5.